The van der Waals surface area contributed by atoms with E-state index in [4.69, 9.17) is 14.2 Å². The molecule has 0 bridgehead atoms. The third-order valence-corrected chi connectivity index (χ3v) is 5.98. The highest BCUT2D eigenvalue weighted by molar-refractivity contribution is 7.15. The van der Waals surface area contributed by atoms with E-state index < -0.39 is 5.97 Å². The summed E-state index contributed by atoms with van der Waals surface area (Å²) in [6, 6.07) is 5.02. The second-order valence-electron chi connectivity index (χ2n) is 7.10. The van der Waals surface area contributed by atoms with Gasteiger partial charge in [0.1, 0.15) is 11.7 Å². The maximum Gasteiger partial charge on any atom is 0.339 e. The Morgan fingerprint density at radius 1 is 1.43 bits per heavy atom. The molecule has 7 nitrogen and oxygen atoms in total. The molecule has 2 aromatic rings. The predicted molar refractivity (Wildman–Crippen MR) is 106 cm³/mol. The van der Waals surface area contributed by atoms with Crippen molar-refractivity contribution in [3.05, 3.63) is 34.8 Å². The Hall–Kier alpha value is -2.16. The van der Waals surface area contributed by atoms with E-state index in [1.54, 1.807) is 23.5 Å². The van der Waals surface area contributed by atoms with Crippen molar-refractivity contribution in [3.8, 4) is 5.75 Å². The van der Waals surface area contributed by atoms with Gasteiger partial charge in [0, 0.05) is 17.7 Å². The Morgan fingerprint density at radius 3 is 2.96 bits per heavy atom. The molecule has 0 spiro atoms. The molecule has 3 heterocycles. The molecule has 4 rings (SSSR count). The molecule has 1 N–H and O–H groups in total. The second-order valence-corrected chi connectivity index (χ2v) is 8.32. The first-order chi connectivity index (χ1) is 13.5. The van der Waals surface area contributed by atoms with E-state index in [1.165, 1.54) is 0 Å². The Morgan fingerprint density at radius 2 is 2.29 bits per heavy atom. The monoisotopic (exact) mass is 404 g/mol. The van der Waals surface area contributed by atoms with Gasteiger partial charge in [0.25, 0.3) is 0 Å². The normalized spacial score (nSPS) is 24.5. The summed E-state index contributed by atoms with van der Waals surface area (Å²) in [4.78, 5) is 19.4. The van der Waals surface area contributed by atoms with E-state index in [1.807, 2.05) is 26.1 Å². The van der Waals surface area contributed by atoms with E-state index in [0.717, 1.165) is 35.9 Å². The van der Waals surface area contributed by atoms with Crippen molar-refractivity contribution in [2.24, 2.45) is 0 Å². The number of rotatable bonds is 5. The number of aromatic nitrogens is 1. The molecular weight excluding hydrogens is 380 g/mol. The molecule has 150 valence electrons. The molecule has 0 saturated carbocycles. The van der Waals surface area contributed by atoms with Gasteiger partial charge in [0.15, 0.2) is 17.2 Å². The zero-order valence-corrected chi connectivity index (χ0v) is 16.8. The number of benzene rings is 1. The number of carbonyl (C=O) groups is 1. The van der Waals surface area contributed by atoms with Crippen LogP contribution in [0.5, 0.6) is 5.75 Å². The minimum atomic E-state index is -1.01. The number of carboxylic acids is 1. The number of hydrogen-bond donors (Lipinski definition) is 1. The number of thiazole rings is 1. The summed E-state index contributed by atoms with van der Waals surface area (Å²) >= 11 is 1.56. The number of anilines is 2. The van der Waals surface area contributed by atoms with Gasteiger partial charge in [-0.25, -0.2) is 9.78 Å². The number of fused-ring (bicyclic) bond motifs is 1. The molecule has 1 saturated heterocycles. The molecule has 28 heavy (non-hydrogen) atoms. The highest BCUT2D eigenvalue weighted by Crippen LogP contribution is 2.44. The molecule has 2 aliphatic heterocycles. The molecule has 1 aromatic carbocycles. The van der Waals surface area contributed by atoms with Gasteiger partial charge in [-0.3, -0.25) is 0 Å². The summed E-state index contributed by atoms with van der Waals surface area (Å²) in [7, 11) is 0. The molecule has 3 atom stereocenters. The number of ether oxygens (including phenoxy) is 3. The highest BCUT2D eigenvalue weighted by Gasteiger charge is 2.38. The number of para-hydroxylation sites is 1. The molecule has 0 radical (unpaired) electrons. The number of hydrogen-bond acceptors (Lipinski definition) is 7. The van der Waals surface area contributed by atoms with Crippen LogP contribution < -0.4 is 9.64 Å². The number of aromatic carboxylic acids is 1. The fraction of sp³-hybridized carbons (Fsp3) is 0.500. The van der Waals surface area contributed by atoms with E-state index in [-0.39, 0.29) is 24.0 Å². The van der Waals surface area contributed by atoms with Crippen LogP contribution in [-0.4, -0.2) is 47.7 Å². The number of carboxylic acid groups (broad SMARTS) is 1. The molecule has 8 heteroatoms. The van der Waals surface area contributed by atoms with Gasteiger partial charge in [-0.05, 0) is 45.2 Å². The Kier molecular flexibility index (Phi) is 5.52. The van der Waals surface area contributed by atoms with E-state index in [9.17, 15) is 9.90 Å². The Balaban J connectivity index is 1.68. The SMILES string of the molecule is Cc1cnc(N2c3cccc(C(=O)O)c3OC(C)C2COC2CCCCO2)s1. The van der Waals surface area contributed by atoms with E-state index in [0.29, 0.717) is 18.0 Å². The third kappa shape index (κ3) is 3.72. The quantitative estimate of drug-likeness (QED) is 0.807. The maximum atomic E-state index is 11.7. The predicted octanol–water partition coefficient (Wildman–Crippen LogP) is 3.98. The van der Waals surface area contributed by atoms with E-state index in [2.05, 4.69) is 9.88 Å². The summed E-state index contributed by atoms with van der Waals surface area (Å²) in [5.41, 5.74) is 0.850. The molecular formula is C20H24N2O5S. The topological polar surface area (TPSA) is 81.1 Å². The lowest BCUT2D eigenvalue weighted by atomic mass is 10.0. The number of aryl methyl sites for hydroxylation is 1. The van der Waals surface area contributed by atoms with Crippen LogP contribution in [-0.2, 0) is 9.47 Å². The summed E-state index contributed by atoms with van der Waals surface area (Å²) < 4.78 is 17.8. The van der Waals surface area contributed by atoms with Gasteiger partial charge in [-0.15, -0.1) is 11.3 Å². The average Bonchev–Trinajstić information content (AvgIpc) is 3.12. The first kappa shape index (κ1) is 19.2. The summed E-state index contributed by atoms with van der Waals surface area (Å²) in [5, 5.41) is 10.4. The van der Waals surface area contributed by atoms with Crippen molar-refractivity contribution < 1.29 is 24.1 Å². The Bertz CT molecular complexity index is 849. The van der Waals surface area contributed by atoms with Crippen molar-refractivity contribution in [2.45, 2.75) is 51.5 Å². The zero-order chi connectivity index (χ0) is 19.7. The lowest BCUT2D eigenvalue weighted by Crippen LogP contribution is -2.49. The summed E-state index contributed by atoms with van der Waals surface area (Å²) in [6.45, 7) is 5.06. The van der Waals surface area contributed by atoms with Crippen molar-refractivity contribution >= 4 is 28.1 Å². The smallest absolute Gasteiger partial charge is 0.339 e. The lowest BCUT2D eigenvalue weighted by Gasteiger charge is -2.41. The number of nitrogens with zero attached hydrogens (tertiary/aromatic N) is 2. The van der Waals surface area contributed by atoms with Gasteiger partial charge in [-0.2, -0.15) is 0 Å². The van der Waals surface area contributed by atoms with Crippen LogP contribution in [0.2, 0.25) is 0 Å². The summed E-state index contributed by atoms with van der Waals surface area (Å²) in [6.07, 6.45) is 4.40. The fourth-order valence-corrected chi connectivity index (χ4v) is 4.45. The molecule has 1 aromatic heterocycles. The van der Waals surface area contributed by atoms with Crippen LogP contribution >= 0.6 is 11.3 Å². The zero-order valence-electron chi connectivity index (χ0n) is 16.0. The highest BCUT2D eigenvalue weighted by atomic mass is 32.1. The van der Waals surface area contributed by atoms with Crippen LogP contribution in [0.4, 0.5) is 10.8 Å². The Labute approximate surface area is 167 Å². The van der Waals surface area contributed by atoms with Gasteiger partial charge in [0.2, 0.25) is 0 Å². The first-order valence-electron chi connectivity index (χ1n) is 9.52. The van der Waals surface area contributed by atoms with Gasteiger partial charge >= 0.3 is 5.97 Å². The molecule has 0 amide bonds. The summed E-state index contributed by atoms with van der Waals surface area (Å²) in [5.74, 6) is -0.634. The van der Waals surface area contributed by atoms with Crippen LogP contribution in [0.25, 0.3) is 0 Å². The van der Waals surface area contributed by atoms with Crippen molar-refractivity contribution in [2.75, 3.05) is 18.1 Å². The van der Waals surface area contributed by atoms with Gasteiger partial charge < -0.3 is 24.2 Å². The third-order valence-electron chi connectivity index (χ3n) is 5.07. The first-order valence-corrected chi connectivity index (χ1v) is 10.3. The lowest BCUT2D eigenvalue weighted by molar-refractivity contribution is -0.167. The van der Waals surface area contributed by atoms with Crippen molar-refractivity contribution in [3.63, 3.8) is 0 Å². The van der Waals surface area contributed by atoms with Crippen LogP contribution in [0.1, 0.15) is 41.4 Å². The minimum absolute atomic E-state index is 0.146. The van der Waals surface area contributed by atoms with Crippen molar-refractivity contribution in [1.29, 1.82) is 0 Å². The van der Waals surface area contributed by atoms with Crippen LogP contribution in [0.15, 0.2) is 24.4 Å². The average molecular weight is 404 g/mol. The molecule has 1 fully saturated rings. The minimum Gasteiger partial charge on any atom is -0.485 e. The van der Waals surface area contributed by atoms with Gasteiger partial charge in [-0.1, -0.05) is 6.07 Å². The largest absolute Gasteiger partial charge is 0.485 e. The second kappa shape index (κ2) is 8.06. The van der Waals surface area contributed by atoms with Crippen LogP contribution in [0, 0.1) is 6.92 Å². The van der Waals surface area contributed by atoms with Gasteiger partial charge in [0.05, 0.1) is 18.3 Å². The van der Waals surface area contributed by atoms with E-state index >= 15 is 0 Å². The maximum absolute atomic E-state index is 11.7. The fourth-order valence-electron chi connectivity index (χ4n) is 3.62. The van der Waals surface area contributed by atoms with Crippen molar-refractivity contribution in [1.82, 2.24) is 4.98 Å². The molecule has 2 aliphatic rings. The molecule has 0 aliphatic carbocycles. The standard InChI is InChI=1S/C20H24N2O5S/c1-12-10-21-20(28-12)22-15-7-5-6-14(19(23)24)18(15)27-13(2)16(22)11-26-17-8-3-4-9-25-17/h5-7,10,13,16-17H,3-4,8-9,11H2,1-2H3,(H,23,24). The van der Waals surface area contributed by atoms with Crippen LogP contribution in [0.3, 0.4) is 0 Å². The molecule has 3 unspecified atom stereocenters.